The van der Waals surface area contributed by atoms with Gasteiger partial charge in [0.15, 0.2) is 0 Å². The third-order valence-corrected chi connectivity index (χ3v) is 7.19. The highest BCUT2D eigenvalue weighted by Crippen LogP contribution is 2.37. The maximum absolute atomic E-state index is 13.1. The number of benzene rings is 2. The Balaban J connectivity index is 0.000000384. The maximum atomic E-state index is 13.1. The number of rotatable bonds is 4. The molecule has 0 saturated carbocycles. The minimum atomic E-state index is -4.60. The smallest absolute Gasteiger partial charge is 0.398 e. The zero-order chi connectivity index (χ0) is 33.2. The van der Waals surface area contributed by atoms with Crippen molar-refractivity contribution in [3.8, 4) is 0 Å². The number of halogens is 6. The predicted molar refractivity (Wildman–Crippen MR) is 184 cm³/mol. The number of carbonyl (C=O) groups is 2. The molecule has 0 aliphatic carbocycles. The number of hydrogen-bond acceptors (Lipinski definition) is 6. The molecule has 14 heteroatoms. The van der Waals surface area contributed by atoms with Gasteiger partial charge in [-0.3, -0.25) is 9.59 Å². The molecule has 0 spiro atoms. The SMILES string of the molecule is C.CN(C)C(=O)c1ccccc1N.CN(C)C(=O)c1ccccc1Nc1cc(Cl)ncc1C(F)(F)F.Cc1cnc(Cl)cc1I. The summed E-state index contributed by atoms with van der Waals surface area (Å²) in [6.45, 7) is 2.01. The summed E-state index contributed by atoms with van der Waals surface area (Å²) >= 11 is 13.5. The molecule has 2 heterocycles. The third kappa shape index (κ3) is 12.0. The van der Waals surface area contributed by atoms with Crippen LogP contribution in [-0.4, -0.2) is 59.8 Å². The number of aromatic nitrogens is 2. The standard InChI is InChI=1S/C15H13ClF3N3O.C9H12N2O.C6H5ClIN.CH4/c1-22(2)14(23)9-5-3-4-6-11(9)21-12-7-13(16)20-8-10(12)15(17,18)19;1-11(2)9(12)7-5-3-4-6-8(7)10;1-4-3-9-6(7)2-5(4)8;/h3-8H,1-2H3,(H,20,21);3-6H,10H2,1-2H3;2-3H,1H3;1H4. The summed E-state index contributed by atoms with van der Waals surface area (Å²) in [5, 5.41) is 3.11. The Morgan fingerprint density at radius 3 is 1.82 bits per heavy atom. The molecular weight excluding hydrogens is 743 g/mol. The van der Waals surface area contributed by atoms with Crippen molar-refractivity contribution in [2.45, 2.75) is 20.5 Å². The summed E-state index contributed by atoms with van der Waals surface area (Å²) < 4.78 is 40.4. The number of alkyl halides is 3. The Kier molecular flexibility index (Phi) is 15.6. The number of carbonyl (C=O) groups excluding carboxylic acids is 2. The lowest BCUT2D eigenvalue weighted by atomic mass is 10.1. The second-order valence-corrected chi connectivity index (χ2v) is 11.4. The largest absolute Gasteiger partial charge is 0.419 e. The fourth-order valence-electron chi connectivity index (χ4n) is 3.33. The quantitative estimate of drug-likeness (QED) is 0.123. The molecule has 2 aromatic carbocycles. The first kappa shape index (κ1) is 39.4. The van der Waals surface area contributed by atoms with Gasteiger partial charge in [-0.2, -0.15) is 13.2 Å². The second kappa shape index (κ2) is 17.8. The van der Waals surface area contributed by atoms with Crippen LogP contribution in [0.25, 0.3) is 0 Å². The first-order valence-electron chi connectivity index (χ1n) is 12.7. The van der Waals surface area contributed by atoms with Gasteiger partial charge in [-0.25, -0.2) is 9.97 Å². The molecule has 0 bridgehead atoms. The Hall–Kier alpha value is -3.62. The molecule has 3 N–H and O–H groups in total. The first-order chi connectivity index (χ1) is 20.5. The van der Waals surface area contributed by atoms with Gasteiger partial charge in [0.1, 0.15) is 10.3 Å². The lowest BCUT2D eigenvalue weighted by Gasteiger charge is -2.18. The Morgan fingerprint density at radius 2 is 1.31 bits per heavy atom. The van der Waals surface area contributed by atoms with Crippen LogP contribution in [0.1, 0.15) is 39.3 Å². The van der Waals surface area contributed by atoms with Crippen LogP contribution in [-0.2, 0) is 6.18 Å². The average molecular weight is 777 g/mol. The monoisotopic (exact) mass is 776 g/mol. The molecule has 0 atom stereocenters. The van der Waals surface area contributed by atoms with Gasteiger partial charge in [0.05, 0.1) is 28.1 Å². The molecule has 2 aromatic heterocycles. The summed E-state index contributed by atoms with van der Waals surface area (Å²) in [7, 11) is 6.52. The van der Waals surface area contributed by atoms with E-state index in [0.29, 0.717) is 22.6 Å². The van der Waals surface area contributed by atoms with Crippen molar-refractivity contribution in [1.82, 2.24) is 19.8 Å². The highest BCUT2D eigenvalue weighted by atomic mass is 127. The van der Waals surface area contributed by atoms with Crippen molar-refractivity contribution in [3.05, 3.63) is 109 Å². The van der Waals surface area contributed by atoms with Crippen LogP contribution in [0.3, 0.4) is 0 Å². The number of nitrogens with zero attached hydrogens (tertiary/aromatic N) is 4. The molecule has 2 amide bonds. The van der Waals surface area contributed by atoms with Crippen molar-refractivity contribution < 1.29 is 22.8 Å². The number of nitrogen functional groups attached to an aromatic ring is 1. The molecule has 0 aliphatic heterocycles. The molecule has 0 saturated heterocycles. The van der Waals surface area contributed by atoms with E-state index in [1.807, 2.05) is 19.1 Å². The molecule has 8 nitrogen and oxygen atoms in total. The van der Waals surface area contributed by atoms with Crippen LogP contribution in [0.15, 0.2) is 73.1 Å². The topological polar surface area (TPSA) is 104 Å². The third-order valence-electron chi connectivity index (χ3n) is 5.61. The van der Waals surface area contributed by atoms with E-state index in [1.54, 1.807) is 64.7 Å². The molecule has 0 fully saturated rings. The molecule has 0 aliphatic rings. The van der Waals surface area contributed by atoms with Crippen molar-refractivity contribution >= 4 is 74.7 Å². The van der Waals surface area contributed by atoms with Crippen LogP contribution in [0.2, 0.25) is 10.3 Å². The van der Waals surface area contributed by atoms with Crippen molar-refractivity contribution in [2.75, 3.05) is 39.2 Å². The molecular formula is C31H34Cl2F3IN6O2. The lowest BCUT2D eigenvalue weighted by Crippen LogP contribution is -2.22. The molecule has 4 rings (SSSR count). The summed E-state index contributed by atoms with van der Waals surface area (Å²) in [6, 6.07) is 16.3. The molecule has 0 unspecified atom stereocenters. The van der Waals surface area contributed by atoms with Gasteiger partial charge in [0, 0.05) is 49.8 Å². The van der Waals surface area contributed by atoms with Crippen LogP contribution >= 0.6 is 45.8 Å². The number of nitrogens with one attached hydrogen (secondary N) is 1. The van der Waals surface area contributed by atoms with Crippen molar-refractivity contribution in [1.29, 1.82) is 0 Å². The zero-order valence-corrected chi connectivity index (χ0v) is 28.0. The first-order valence-corrected chi connectivity index (χ1v) is 14.5. The van der Waals surface area contributed by atoms with Gasteiger partial charge in [-0.05, 0) is 71.5 Å². The summed E-state index contributed by atoms with van der Waals surface area (Å²) in [6.07, 6.45) is -2.18. The number of aryl methyl sites for hydroxylation is 1. The Labute approximate surface area is 284 Å². The minimum absolute atomic E-state index is 0. The van der Waals surface area contributed by atoms with Gasteiger partial charge < -0.3 is 20.9 Å². The Bertz CT molecular complexity index is 1600. The van der Waals surface area contributed by atoms with E-state index in [9.17, 15) is 22.8 Å². The van der Waals surface area contributed by atoms with Crippen LogP contribution < -0.4 is 11.1 Å². The summed E-state index contributed by atoms with van der Waals surface area (Å²) in [5.41, 5.74) is 7.13. The molecule has 0 radical (unpaired) electrons. The zero-order valence-electron chi connectivity index (χ0n) is 24.4. The van der Waals surface area contributed by atoms with Gasteiger partial charge in [0.2, 0.25) is 0 Å². The van der Waals surface area contributed by atoms with Crippen molar-refractivity contribution in [2.24, 2.45) is 0 Å². The van der Waals surface area contributed by atoms with Crippen LogP contribution in [0.5, 0.6) is 0 Å². The van der Waals surface area contributed by atoms with Crippen LogP contribution in [0.4, 0.5) is 30.2 Å². The van der Waals surface area contributed by atoms with Gasteiger partial charge in [-0.1, -0.05) is 54.9 Å². The number of nitrogens with two attached hydrogens (primary N) is 1. The fraction of sp³-hybridized carbons (Fsp3) is 0.226. The normalized spacial score (nSPS) is 10.2. The lowest BCUT2D eigenvalue weighted by molar-refractivity contribution is -0.137. The molecule has 45 heavy (non-hydrogen) atoms. The number of para-hydroxylation sites is 2. The maximum Gasteiger partial charge on any atom is 0.419 e. The van der Waals surface area contributed by atoms with E-state index < -0.39 is 11.7 Å². The molecule has 242 valence electrons. The van der Waals surface area contributed by atoms with E-state index in [-0.39, 0.29) is 41.3 Å². The average Bonchev–Trinajstić information content (AvgIpc) is 2.95. The Morgan fingerprint density at radius 1 is 0.822 bits per heavy atom. The van der Waals surface area contributed by atoms with E-state index >= 15 is 0 Å². The van der Waals surface area contributed by atoms with E-state index in [4.69, 9.17) is 28.9 Å². The number of anilines is 3. The van der Waals surface area contributed by atoms with E-state index in [0.717, 1.165) is 9.64 Å². The number of hydrogen-bond donors (Lipinski definition) is 2. The van der Waals surface area contributed by atoms with Gasteiger partial charge in [0.25, 0.3) is 11.8 Å². The predicted octanol–water partition coefficient (Wildman–Crippen LogP) is 8.45. The van der Waals surface area contributed by atoms with Gasteiger partial charge in [-0.15, -0.1) is 0 Å². The fourth-order valence-corrected chi connectivity index (χ4v) is 4.27. The minimum Gasteiger partial charge on any atom is -0.398 e. The van der Waals surface area contributed by atoms with Crippen molar-refractivity contribution in [3.63, 3.8) is 0 Å². The van der Waals surface area contributed by atoms with E-state index in [1.165, 1.54) is 27.5 Å². The van der Waals surface area contributed by atoms with Gasteiger partial charge >= 0.3 is 6.18 Å². The highest BCUT2D eigenvalue weighted by Gasteiger charge is 2.34. The number of pyridine rings is 2. The van der Waals surface area contributed by atoms with E-state index in [2.05, 4.69) is 37.9 Å². The summed E-state index contributed by atoms with van der Waals surface area (Å²) in [4.78, 5) is 33.7. The van der Waals surface area contributed by atoms with Crippen LogP contribution in [0, 0.1) is 10.5 Å². The highest BCUT2D eigenvalue weighted by molar-refractivity contribution is 14.1. The second-order valence-electron chi connectivity index (χ2n) is 9.46. The summed E-state index contributed by atoms with van der Waals surface area (Å²) in [5.74, 6) is -0.394. The number of amides is 2. The molecule has 4 aromatic rings.